The van der Waals surface area contributed by atoms with Crippen LogP contribution in [0.1, 0.15) is 19.3 Å². The van der Waals surface area contributed by atoms with Crippen LogP contribution in [0.5, 0.6) is 0 Å². The van der Waals surface area contributed by atoms with Gasteiger partial charge < -0.3 is 5.32 Å². The van der Waals surface area contributed by atoms with Crippen molar-refractivity contribution >= 4 is 23.4 Å². The van der Waals surface area contributed by atoms with Crippen molar-refractivity contribution in [2.75, 3.05) is 11.4 Å². The van der Waals surface area contributed by atoms with Crippen LogP contribution in [-0.4, -0.2) is 36.3 Å². The zero-order valence-electron chi connectivity index (χ0n) is 11.5. The number of para-hydroxylation sites is 1. The molecule has 2 fully saturated rings. The lowest BCUT2D eigenvalue weighted by molar-refractivity contribution is -0.121. The fourth-order valence-corrected chi connectivity index (χ4v) is 2.36. The van der Waals surface area contributed by atoms with Gasteiger partial charge in [-0.05, 0) is 25.0 Å². The molecule has 21 heavy (non-hydrogen) atoms. The first-order valence-electron chi connectivity index (χ1n) is 7.10. The molecule has 6 nitrogen and oxygen atoms in total. The van der Waals surface area contributed by atoms with Gasteiger partial charge in [0.1, 0.15) is 0 Å². The number of nitrogens with zero attached hydrogens (tertiary/aromatic N) is 1. The summed E-state index contributed by atoms with van der Waals surface area (Å²) < 4.78 is 0. The van der Waals surface area contributed by atoms with Gasteiger partial charge in [-0.1, -0.05) is 18.2 Å². The minimum atomic E-state index is -0.623. The van der Waals surface area contributed by atoms with E-state index in [1.165, 1.54) is 4.90 Å². The Morgan fingerprint density at radius 1 is 1.19 bits per heavy atom. The van der Waals surface area contributed by atoms with Crippen LogP contribution in [0.4, 0.5) is 5.69 Å². The van der Waals surface area contributed by atoms with Gasteiger partial charge >= 0.3 is 0 Å². The third-order valence-corrected chi connectivity index (χ3v) is 3.61. The van der Waals surface area contributed by atoms with Crippen molar-refractivity contribution in [3.05, 3.63) is 30.3 Å². The van der Waals surface area contributed by atoms with Crippen LogP contribution in [0.25, 0.3) is 0 Å². The van der Waals surface area contributed by atoms with Crippen molar-refractivity contribution in [1.82, 2.24) is 10.6 Å². The lowest BCUT2D eigenvalue weighted by Gasteiger charge is -2.15. The average molecular weight is 287 g/mol. The van der Waals surface area contributed by atoms with Crippen molar-refractivity contribution in [3.63, 3.8) is 0 Å². The maximum atomic E-state index is 12.3. The van der Waals surface area contributed by atoms with Crippen LogP contribution < -0.4 is 15.5 Å². The van der Waals surface area contributed by atoms with Crippen molar-refractivity contribution in [3.8, 4) is 0 Å². The van der Waals surface area contributed by atoms with E-state index in [4.69, 9.17) is 0 Å². The van der Waals surface area contributed by atoms with Crippen LogP contribution in [-0.2, 0) is 14.4 Å². The molecule has 1 aromatic rings. The Morgan fingerprint density at radius 3 is 2.57 bits per heavy atom. The molecule has 1 unspecified atom stereocenters. The maximum absolute atomic E-state index is 12.3. The molecule has 1 saturated carbocycles. The van der Waals surface area contributed by atoms with Crippen LogP contribution in [0.2, 0.25) is 0 Å². The SMILES string of the molecule is O=C(CNC1CC(=O)N(c2ccccc2)C1=O)NC1CC1. The molecule has 3 amide bonds. The Labute approximate surface area is 122 Å². The van der Waals surface area contributed by atoms with E-state index in [0.29, 0.717) is 11.7 Å². The van der Waals surface area contributed by atoms with Gasteiger partial charge in [-0.15, -0.1) is 0 Å². The monoisotopic (exact) mass is 287 g/mol. The number of hydrogen-bond acceptors (Lipinski definition) is 4. The summed E-state index contributed by atoms with van der Waals surface area (Å²) in [6.07, 6.45) is 2.13. The minimum Gasteiger partial charge on any atom is -0.352 e. The highest BCUT2D eigenvalue weighted by Crippen LogP contribution is 2.22. The van der Waals surface area contributed by atoms with Gasteiger partial charge in [-0.2, -0.15) is 0 Å². The third kappa shape index (κ3) is 3.11. The topological polar surface area (TPSA) is 78.5 Å². The van der Waals surface area contributed by atoms with Gasteiger partial charge in [0.2, 0.25) is 11.8 Å². The van der Waals surface area contributed by atoms with Crippen molar-refractivity contribution in [2.24, 2.45) is 0 Å². The second kappa shape index (κ2) is 5.65. The van der Waals surface area contributed by atoms with Crippen LogP contribution in [0.3, 0.4) is 0 Å². The van der Waals surface area contributed by atoms with E-state index in [0.717, 1.165) is 12.8 Å². The van der Waals surface area contributed by atoms with Gasteiger partial charge in [-0.25, -0.2) is 4.90 Å². The van der Waals surface area contributed by atoms with E-state index >= 15 is 0 Å². The summed E-state index contributed by atoms with van der Waals surface area (Å²) in [5.74, 6) is -0.673. The Morgan fingerprint density at radius 2 is 1.90 bits per heavy atom. The fraction of sp³-hybridized carbons (Fsp3) is 0.400. The van der Waals surface area contributed by atoms with E-state index in [9.17, 15) is 14.4 Å². The fourth-order valence-electron chi connectivity index (χ4n) is 2.36. The molecule has 0 aromatic heterocycles. The number of nitrogens with one attached hydrogen (secondary N) is 2. The molecule has 1 saturated heterocycles. The number of hydrogen-bond donors (Lipinski definition) is 2. The number of imide groups is 1. The van der Waals surface area contributed by atoms with E-state index < -0.39 is 6.04 Å². The highest BCUT2D eigenvalue weighted by Gasteiger charge is 2.39. The summed E-state index contributed by atoms with van der Waals surface area (Å²) in [5.41, 5.74) is 0.569. The number of anilines is 1. The van der Waals surface area contributed by atoms with E-state index in [1.807, 2.05) is 6.07 Å². The third-order valence-electron chi connectivity index (χ3n) is 3.61. The van der Waals surface area contributed by atoms with Gasteiger partial charge in [0.05, 0.1) is 24.7 Å². The van der Waals surface area contributed by atoms with Gasteiger partial charge in [0.15, 0.2) is 0 Å². The normalized spacial score (nSPS) is 21.7. The molecule has 1 aliphatic carbocycles. The predicted molar refractivity (Wildman–Crippen MR) is 76.5 cm³/mol. The van der Waals surface area contributed by atoms with Gasteiger partial charge in [-0.3, -0.25) is 19.7 Å². The molecule has 1 aliphatic heterocycles. The summed E-state index contributed by atoms with van der Waals surface area (Å²) in [7, 11) is 0. The highest BCUT2D eigenvalue weighted by molar-refractivity contribution is 6.22. The highest BCUT2D eigenvalue weighted by atomic mass is 16.2. The van der Waals surface area contributed by atoms with Crippen LogP contribution in [0, 0.1) is 0 Å². The summed E-state index contributed by atoms with van der Waals surface area (Å²) in [4.78, 5) is 37.1. The average Bonchev–Trinajstić information content (AvgIpc) is 3.23. The first-order valence-corrected chi connectivity index (χ1v) is 7.10. The predicted octanol–water partition coefficient (Wildman–Crippen LogP) is 0.187. The van der Waals surface area contributed by atoms with E-state index in [1.54, 1.807) is 24.3 Å². The second-order valence-electron chi connectivity index (χ2n) is 5.38. The van der Waals surface area contributed by atoms with E-state index in [2.05, 4.69) is 10.6 Å². The molecule has 1 atom stereocenters. The van der Waals surface area contributed by atoms with Gasteiger partial charge in [0.25, 0.3) is 5.91 Å². The Bertz CT molecular complexity index is 569. The molecule has 2 N–H and O–H groups in total. The Balaban J connectivity index is 1.59. The molecular formula is C15H17N3O3. The van der Waals surface area contributed by atoms with Gasteiger partial charge in [0, 0.05) is 6.04 Å². The lowest BCUT2D eigenvalue weighted by Crippen LogP contribution is -2.44. The lowest BCUT2D eigenvalue weighted by atomic mass is 10.2. The van der Waals surface area contributed by atoms with Crippen molar-refractivity contribution < 1.29 is 14.4 Å². The molecule has 3 rings (SSSR count). The second-order valence-corrected chi connectivity index (χ2v) is 5.38. The molecule has 2 aliphatic rings. The first-order chi connectivity index (χ1) is 10.1. The minimum absolute atomic E-state index is 0.0583. The Kier molecular flexibility index (Phi) is 3.70. The van der Waals surface area contributed by atoms with E-state index in [-0.39, 0.29) is 30.7 Å². The molecule has 1 aromatic carbocycles. The molecule has 0 spiro atoms. The van der Waals surface area contributed by atoms with Crippen LogP contribution in [0.15, 0.2) is 30.3 Å². The quantitative estimate of drug-likeness (QED) is 0.758. The molecule has 0 bridgehead atoms. The maximum Gasteiger partial charge on any atom is 0.251 e. The first kappa shape index (κ1) is 13.8. The summed E-state index contributed by atoms with van der Waals surface area (Å²) >= 11 is 0. The van der Waals surface area contributed by atoms with Crippen LogP contribution >= 0.6 is 0 Å². The molecule has 110 valence electrons. The molecular weight excluding hydrogens is 270 g/mol. The summed E-state index contributed by atoms with van der Waals surface area (Å²) in [6, 6.07) is 8.49. The number of rotatable bonds is 5. The summed E-state index contributed by atoms with van der Waals surface area (Å²) in [5, 5.41) is 5.71. The smallest absolute Gasteiger partial charge is 0.251 e. The number of carbonyl (C=O) groups is 3. The standard InChI is InChI=1S/C15H17N3O3/c19-13(17-10-6-7-10)9-16-12-8-14(20)18(15(12)21)11-4-2-1-3-5-11/h1-5,10,12,16H,6-9H2,(H,17,19). The van der Waals surface area contributed by atoms with Crippen molar-refractivity contribution in [1.29, 1.82) is 0 Å². The zero-order chi connectivity index (χ0) is 14.8. The number of carbonyl (C=O) groups excluding carboxylic acids is 3. The molecule has 1 heterocycles. The molecule has 0 radical (unpaired) electrons. The zero-order valence-corrected chi connectivity index (χ0v) is 11.5. The van der Waals surface area contributed by atoms with Crippen molar-refractivity contribution in [2.45, 2.75) is 31.3 Å². The molecule has 6 heteroatoms. The number of benzene rings is 1. The summed E-state index contributed by atoms with van der Waals surface area (Å²) in [6.45, 7) is 0.0583. The number of amides is 3. The Hall–Kier alpha value is -2.21. The largest absolute Gasteiger partial charge is 0.352 e.